The molecule has 0 radical (unpaired) electrons. The van der Waals surface area contributed by atoms with E-state index in [1.165, 1.54) is 25.1 Å². The summed E-state index contributed by atoms with van der Waals surface area (Å²) in [5.74, 6) is -2.28. The number of carboxylic acid groups (broad SMARTS) is 1. The van der Waals surface area contributed by atoms with Gasteiger partial charge >= 0.3 is 5.97 Å². The molecule has 84 valence electrons. The standard InChI is InChI=1S/C6H6O3.C3H6O3/c7-4-2-1-3-5(8)6(4)9;1-2(4)3(5)6/h1-3,7-9H;2,4H,1H3,(H,5,6). The lowest BCUT2D eigenvalue weighted by Gasteiger charge is -1.96. The highest BCUT2D eigenvalue weighted by molar-refractivity contribution is 5.71. The van der Waals surface area contributed by atoms with Gasteiger partial charge in [-0.25, -0.2) is 4.79 Å². The van der Waals surface area contributed by atoms with Gasteiger partial charge in [0.1, 0.15) is 6.10 Å². The van der Waals surface area contributed by atoms with Crippen LogP contribution in [-0.2, 0) is 4.79 Å². The Morgan fingerprint density at radius 2 is 1.53 bits per heavy atom. The van der Waals surface area contributed by atoms with E-state index in [1.807, 2.05) is 0 Å². The number of hydrogen-bond acceptors (Lipinski definition) is 5. The van der Waals surface area contributed by atoms with Crippen LogP contribution in [0.3, 0.4) is 0 Å². The Balaban J connectivity index is 0.000000288. The van der Waals surface area contributed by atoms with Gasteiger partial charge in [-0.3, -0.25) is 0 Å². The van der Waals surface area contributed by atoms with Crippen LogP contribution >= 0.6 is 0 Å². The largest absolute Gasteiger partial charge is 0.504 e. The van der Waals surface area contributed by atoms with Gasteiger partial charge in [-0.15, -0.1) is 0 Å². The van der Waals surface area contributed by atoms with Crippen molar-refractivity contribution in [1.29, 1.82) is 0 Å². The average Bonchev–Trinajstić information content (AvgIpc) is 2.15. The molecule has 1 rings (SSSR count). The fraction of sp³-hybridized carbons (Fsp3) is 0.222. The van der Waals surface area contributed by atoms with Crippen molar-refractivity contribution in [2.75, 3.05) is 0 Å². The number of rotatable bonds is 1. The molecule has 1 aromatic carbocycles. The first-order valence-electron chi connectivity index (χ1n) is 3.97. The number of phenols is 3. The first-order valence-corrected chi connectivity index (χ1v) is 3.97. The number of aliphatic hydroxyl groups excluding tert-OH is 1. The fourth-order valence-electron chi connectivity index (χ4n) is 0.519. The summed E-state index contributed by atoms with van der Waals surface area (Å²) in [7, 11) is 0. The molecule has 6 heteroatoms. The number of carboxylic acids is 1. The zero-order valence-electron chi connectivity index (χ0n) is 7.95. The van der Waals surface area contributed by atoms with Crippen molar-refractivity contribution >= 4 is 5.97 Å². The van der Waals surface area contributed by atoms with Crippen molar-refractivity contribution in [3.63, 3.8) is 0 Å². The van der Waals surface area contributed by atoms with Crippen LogP contribution in [0.4, 0.5) is 0 Å². The van der Waals surface area contributed by atoms with Crippen LogP contribution in [0.2, 0.25) is 0 Å². The maximum absolute atomic E-state index is 9.45. The second kappa shape index (κ2) is 5.71. The van der Waals surface area contributed by atoms with E-state index in [9.17, 15) is 4.79 Å². The van der Waals surface area contributed by atoms with E-state index >= 15 is 0 Å². The summed E-state index contributed by atoms with van der Waals surface area (Å²) in [5.41, 5.74) is 0. The van der Waals surface area contributed by atoms with Gasteiger partial charge in [0.2, 0.25) is 0 Å². The molecular weight excluding hydrogens is 204 g/mol. The highest BCUT2D eigenvalue weighted by Crippen LogP contribution is 2.32. The zero-order chi connectivity index (χ0) is 12.0. The lowest BCUT2D eigenvalue weighted by atomic mass is 10.3. The summed E-state index contributed by atoms with van der Waals surface area (Å²) in [6.45, 7) is 1.20. The van der Waals surface area contributed by atoms with Crippen molar-refractivity contribution in [2.24, 2.45) is 0 Å². The molecule has 0 fully saturated rings. The molecular formula is C9H12O6. The van der Waals surface area contributed by atoms with Crippen LogP contribution in [0.25, 0.3) is 0 Å². The van der Waals surface area contributed by atoms with E-state index in [0.717, 1.165) is 0 Å². The van der Waals surface area contributed by atoms with E-state index in [2.05, 4.69) is 0 Å². The number of carbonyl (C=O) groups is 1. The summed E-state index contributed by atoms with van der Waals surface area (Å²) in [6.07, 6.45) is -1.23. The van der Waals surface area contributed by atoms with Gasteiger partial charge in [0, 0.05) is 0 Å². The Kier molecular flexibility index (Phi) is 4.97. The minimum Gasteiger partial charge on any atom is -0.504 e. The molecule has 0 spiro atoms. The molecule has 1 atom stereocenters. The normalized spacial score (nSPS) is 11.1. The number of aliphatic carboxylic acids is 1. The van der Waals surface area contributed by atoms with Crippen LogP contribution in [0.15, 0.2) is 18.2 Å². The first-order chi connectivity index (χ1) is 6.86. The van der Waals surface area contributed by atoms with Crippen molar-refractivity contribution in [1.82, 2.24) is 0 Å². The highest BCUT2D eigenvalue weighted by Gasteiger charge is 2.01. The molecule has 5 N–H and O–H groups in total. The molecule has 0 saturated carbocycles. The summed E-state index contributed by atoms with van der Waals surface area (Å²) < 4.78 is 0. The zero-order valence-corrected chi connectivity index (χ0v) is 7.95. The highest BCUT2D eigenvalue weighted by atomic mass is 16.4. The van der Waals surface area contributed by atoms with Gasteiger partial charge in [0.25, 0.3) is 0 Å². The summed E-state index contributed by atoms with van der Waals surface area (Å²) in [4.78, 5) is 9.45. The molecule has 0 amide bonds. The van der Waals surface area contributed by atoms with Crippen LogP contribution in [-0.4, -0.2) is 37.6 Å². The fourth-order valence-corrected chi connectivity index (χ4v) is 0.519. The molecule has 0 aliphatic carbocycles. The van der Waals surface area contributed by atoms with E-state index in [1.54, 1.807) is 0 Å². The van der Waals surface area contributed by atoms with Gasteiger partial charge < -0.3 is 25.5 Å². The SMILES string of the molecule is CC(O)C(=O)O.Oc1cccc(O)c1O. The maximum atomic E-state index is 9.45. The van der Waals surface area contributed by atoms with Crippen molar-refractivity contribution in [2.45, 2.75) is 13.0 Å². The second-order valence-corrected chi connectivity index (χ2v) is 2.66. The molecule has 0 aromatic heterocycles. The van der Waals surface area contributed by atoms with Crippen molar-refractivity contribution in [3.8, 4) is 17.2 Å². The number of benzene rings is 1. The second-order valence-electron chi connectivity index (χ2n) is 2.66. The minimum atomic E-state index is -1.23. The third-order valence-corrected chi connectivity index (χ3v) is 1.35. The molecule has 6 nitrogen and oxygen atoms in total. The summed E-state index contributed by atoms with van der Waals surface area (Å²) in [6, 6.07) is 4.01. The number of phenolic OH excluding ortho intramolecular Hbond substituents is 3. The van der Waals surface area contributed by atoms with Crippen LogP contribution < -0.4 is 0 Å². The number of hydrogen-bond donors (Lipinski definition) is 5. The molecule has 0 aliphatic rings. The Labute approximate surface area is 85.7 Å². The number of para-hydroxylation sites is 1. The van der Waals surface area contributed by atoms with Crippen molar-refractivity contribution in [3.05, 3.63) is 18.2 Å². The van der Waals surface area contributed by atoms with E-state index in [-0.39, 0.29) is 11.5 Å². The Morgan fingerprint density at radius 1 is 1.20 bits per heavy atom. The lowest BCUT2D eigenvalue weighted by molar-refractivity contribution is -0.145. The van der Waals surface area contributed by atoms with Gasteiger partial charge in [-0.2, -0.15) is 0 Å². The molecule has 1 aromatic rings. The number of aliphatic hydroxyl groups is 1. The molecule has 1 unspecified atom stereocenters. The van der Waals surface area contributed by atoms with Gasteiger partial charge in [-0.1, -0.05) is 6.07 Å². The smallest absolute Gasteiger partial charge is 0.332 e. The van der Waals surface area contributed by atoms with Gasteiger partial charge in [0.15, 0.2) is 17.2 Å². The third kappa shape index (κ3) is 4.72. The molecule has 15 heavy (non-hydrogen) atoms. The number of aromatic hydroxyl groups is 3. The predicted octanol–water partition coefficient (Wildman–Crippen LogP) is 0.255. The minimum absolute atomic E-state index is 0.310. The Bertz CT molecular complexity index is 313. The summed E-state index contributed by atoms with van der Waals surface area (Å²) in [5, 5.41) is 41.9. The van der Waals surface area contributed by atoms with Crippen LogP contribution in [0.5, 0.6) is 17.2 Å². The topological polar surface area (TPSA) is 118 Å². The average molecular weight is 216 g/mol. The molecule has 0 saturated heterocycles. The van der Waals surface area contributed by atoms with Crippen molar-refractivity contribution < 1.29 is 30.3 Å². The molecule has 0 heterocycles. The molecule has 0 aliphatic heterocycles. The van der Waals surface area contributed by atoms with E-state index < -0.39 is 17.8 Å². The first kappa shape index (κ1) is 13.1. The maximum Gasteiger partial charge on any atom is 0.332 e. The summed E-state index contributed by atoms with van der Waals surface area (Å²) >= 11 is 0. The van der Waals surface area contributed by atoms with E-state index in [0.29, 0.717) is 0 Å². The quantitative estimate of drug-likeness (QED) is 0.429. The van der Waals surface area contributed by atoms with Crippen LogP contribution in [0.1, 0.15) is 6.92 Å². The van der Waals surface area contributed by atoms with Gasteiger partial charge in [-0.05, 0) is 19.1 Å². The van der Waals surface area contributed by atoms with E-state index in [4.69, 9.17) is 25.5 Å². The third-order valence-electron chi connectivity index (χ3n) is 1.35. The lowest BCUT2D eigenvalue weighted by Crippen LogP contribution is -2.13. The molecule has 0 bridgehead atoms. The van der Waals surface area contributed by atoms with Crippen LogP contribution in [0, 0.1) is 0 Å². The Morgan fingerprint density at radius 3 is 1.73 bits per heavy atom. The predicted molar refractivity (Wildman–Crippen MR) is 50.8 cm³/mol. The van der Waals surface area contributed by atoms with Gasteiger partial charge in [0.05, 0.1) is 0 Å². The Hall–Kier alpha value is -1.95. The monoisotopic (exact) mass is 216 g/mol.